The summed E-state index contributed by atoms with van der Waals surface area (Å²) in [6.45, 7) is 0. The van der Waals surface area contributed by atoms with E-state index in [1.54, 1.807) is 0 Å². The van der Waals surface area contributed by atoms with Gasteiger partial charge in [-0.1, -0.05) is 32.1 Å². The first-order chi connectivity index (χ1) is 8.29. The van der Waals surface area contributed by atoms with Crippen molar-refractivity contribution in [3.05, 3.63) is 11.3 Å². The average molecular weight is 234 g/mol. The number of rotatable bonds is 1. The van der Waals surface area contributed by atoms with Crippen LogP contribution in [0.2, 0.25) is 0 Å². The number of hydrogen-bond donors (Lipinski definition) is 1. The standard InChI is InChI=1S/C15H22O2/c16-14-11-8-4-5-9-12(11)15(17)13(14)10-6-2-1-3-7-10/h10-12,16H,1-9H2/t11-,12+/m1/s1. The summed E-state index contributed by atoms with van der Waals surface area (Å²) in [6, 6.07) is 0. The van der Waals surface area contributed by atoms with Crippen LogP contribution in [0.4, 0.5) is 0 Å². The Balaban J connectivity index is 1.86. The van der Waals surface area contributed by atoms with E-state index >= 15 is 0 Å². The maximum Gasteiger partial charge on any atom is 0.166 e. The zero-order valence-corrected chi connectivity index (χ0v) is 10.5. The molecule has 2 heteroatoms. The van der Waals surface area contributed by atoms with E-state index in [4.69, 9.17) is 0 Å². The molecule has 2 nitrogen and oxygen atoms in total. The fraction of sp³-hybridized carbons (Fsp3) is 0.800. The van der Waals surface area contributed by atoms with Gasteiger partial charge in [-0.2, -0.15) is 0 Å². The van der Waals surface area contributed by atoms with Crippen molar-refractivity contribution in [3.8, 4) is 0 Å². The Hall–Kier alpha value is -0.790. The van der Waals surface area contributed by atoms with Crippen LogP contribution in [0.25, 0.3) is 0 Å². The molecule has 3 rings (SSSR count). The number of fused-ring (bicyclic) bond motifs is 1. The normalized spacial score (nSPS) is 35.2. The zero-order chi connectivity index (χ0) is 11.8. The molecule has 0 amide bonds. The average Bonchev–Trinajstić information content (AvgIpc) is 2.64. The van der Waals surface area contributed by atoms with Gasteiger partial charge in [0.1, 0.15) is 5.76 Å². The van der Waals surface area contributed by atoms with Crippen LogP contribution in [-0.4, -0.2) is 10.9 Å². The molecule has 0 radical (unpaired) electrons. The van der Waals surface area contributed by atoms with Gasteiger partial charge in [-0.15, -0.1) is 0 Å². The first-order valence-electron chi connectivity index (χ1n) is 7.26. The quantitative estimate of drug-likeness (QED) is 0.750. The van der Waals surface area contributed by atoms with Crippen molar-refractivity contribution >= 4 is 5.78 Å². The Labute approximate surface area is 103 Å². The fourth-order valence-corrected chi connectivity index (χ4v) is 4.10. The smallest absolute Gasteiger partial charge is 0.166 e. The van der Waals surface area contributed by atoms with E-state index in [1.807, 2.05) is 0 Å². The number of aliphatic hydroxyl groups is 1. The van der Waals surface area contributed by atoms with E-state index in [9.17, 15) is 9.90 Å². The third-order valence-electron chi connectivity index (χ3n) is 5.01. The second-order valence-electron chi connectivity index (χ2n) is 6.00. The van der Waals surface area contributed by atoms with Gasteiger partial charge in [-0.05, 0) is 31.6 Å². The molecule has 0 saturated heterocycles. The molecule has 2 fully saturated rings. The molecule has 0 aromatic carbocycles. The Morgan fingerprint density at radius 1 is 0.824 bits per heavy atom. The van der Waals surface area contributed by atoms with Crippen LogP contribution >= 0.6 is 0 Å². The first-order valence-corrected chi connectivity index (χ1v) is 7.26. The Morgan fingerprint density at radius 3 is 2.06 bits per heavy atom. The molecule has 0 bridgehead atoms. The van der Waals surface area contributed by atoms with E-state index < -0.39 is 0 Å². The highest BCUT2D eigenvalue weighted by molar-refractivity contribution is 6.01. The topological polar surface area (TPSA) is 37.3 Å². The number of aliphatic hydroxyl groups excluding tert-OH is 1. The van der Waals surface area contributed by atoms with Crippen molar-refractivity contribution in [2.75, 3.05) is 0 Å². The van der Waals surface area contributed by atoms with E-state index in [2.05, 4.69) is 0 Å². The van der Waals surface area contributed by atoms with Crippen molar-refractivity contribution in [3.63, 3.8) is 0 Å². The van der Waals surface area contributed by atoms with Gasteiger partial charge < -0.3 is 5.11 Å². The summed E-state index contributed by atoms with van der Waals surface area (Å²) in [6.07, 6.45) is 10.4. The maximum absolute atomic E-state index is 12.4. The molecule has 3 aliphatic rings. The minimum Gasteiger partial charge on any atom is -0.512 e. The predicted octanol–water partition coefficient (Wildman–Crippen LogP) is 3.77. The molecule has 3 aliphatic carbocycles. The molecule has 17 heavy (non-hydrogen) atoms. The third-order valence-corrected chi connectivity index (χ3v) is 5.01. The van der Waals surface area contributed by atoms with Crippen LogP contribution in [0.15, 0.2) is 11.3 Å². The summed E-state index contributed by atoms with van der Waals surface area (Å²) in [5, 5.41) is 10.4. The van der Waals surface area contributed by atoms with Crippen molar-refractivity contribution in [1.29, 1.82) is 0 Å². The summed E-state index contributed by atoms with van der Waals surface area (Å²) in [7, 11) is 0. The molecule has 2 atom stereocenters. The second kappa shape index (κ2) is 4.47. The molecule has 0 unspecified atom stereocenters. The summed E-state index contributed by atoms with van der Waals surface area (Å²) in [4.78, 5) is 12.4. The van der Waals surface area contributed by atoms with Crippen LogP contribution in [0, 0.1) is 17.8 Å². The lowest BCUT2D eigenvalue weighted by atomic mass is 9.79. The van der Waals surface area contributed by atoms with Crippen LogP contribution in [0.1, 0.15) is 57.8 Å². The molecule has 0 aliphatic heterocycles. The number of carbonyl (C=O) groups excluding carboxylic acids is 1. The van der Waals surface area contributed by atoms with Crippen molar-refractivity contribution < 1.29 is 9.90 Å². The predicted molar refractivity (Wildman–Crippen MR) is 66.7 cm³/mol. The lowest BCUT2D eigenvalue weighted by Gasteiger charge is -2.24. The van der Waals surface area contributed by atoms with Crippen molar-refractivity contribution in [2.45, 2.75) is 57.8 Å². The molecule has 0 heterocycles. The summed E-state index contributed by atoms with van der Waals surface area (Å²) in [5.41, 5.74) is 0.849. The number of Topliss-reactive ketones (excluding diaryl/α,β-unsaturated/α-hetero) is 1. The van der Waals surface area contributed by atoms with E-state index in [0.29, 0.717) is 17.5 Å². The van der Waals surface area contributed by atoms with Gasteiger partial charge in [0.15, 0.2) is 5.78 Å². The van der Waals surface area contributed by atoms with E-state index in [0.717, 1.165) is 37.7 Å². The second-order valence-corrected chi connectivity index (χ2v) is 6.00. The van der Waals surface area contributed by atoms with Gasteiger partial charge in [0, 0.05) is 17.4 Å². The lowest BCUT2D eigenvalue weighted by molar-refractivity contribution is -0.120. The van der Waals surface area contributed by atoms with E-state index in [-0.39, 0.29) is 11.8 Å². The number of hydrogen-bond acceptors (Lipinski definition) is 2. The molecule has 94 valence electrons. The SMILES string of the molecule is O=C1C(C2CCCCC2)=C(O)[C@@H]2CCCC[C@H]12. The van der Waals surface area contributed by atoms with Gasteiger partial charge in [0.2, 0.25) is 0 Å². The van der Waals surface area contributed by atoms with Crippen LogP contribution in [0.5, 0.6) is 0 Å². The molecule has 0 spiro atoms. The van der Waals surface area contributed by atoms with Crippen LogP contribution in [-0.2, 0) is 4.79 Å². The molecule has 0 aromatic heterocycles. The largest absolute Gasteiger partial charge is 0.512 e. The molecular weight excluding hydrogens is 212 g/mol. The van der Waals surface area contributed by atoms with Gasteiger partial charge in [0.25, 0.3) is 0 Å². The Bertz CT molecular complexity index is 350. The molecule has 2 saturated carbocycles. The highest BCUT2D eigenvalue weighted by atomic mass is 16.3. The minimum atomic E-state index is 0.140. The fourth-order valence-electron chi connectivity index (χ4n) is 4.10. The van der Waals surface area contributed by atoms with Crippen molar-refractivity contribution in [1.82, 2.24) is 0 Å². The van der Waals surface area contributed by atoms with Crippen LogP contribution < -0.4 is 0 Å². The van der Waals surface area contributed by atoms with E-state index in [1.165, 1.54) is 25.7 Å². The van der Waals surface area contributed by atoms with Gasteiger partial charge >= 0.3 is 0 Å². The number of ketones is 1. The number of allylic oxidation sites excluding steroid dienone is 2. The lowest BCUT2D eigenvalue weighted by Crippen LogP contribution is -2.23. The Kier molecular flexibility index (Phi) is 2.97. The summed E-state index contributed by atoms with van der Waals surface area (Å²) < 4.78 is 0. The monoisotopic (exact) mass is 234 g/mol. The van der Waals surface area contributed by atoms with Gasteiger partial charge in [0.05, 0.1) is 0 Å². The highest BCUT2D eigenvalue weighted by Crippen LogP contribution is 2.46. The maximum atomic E-state index is 12.4. The van der Waals surface area contributed by atoms with Gasteiger partial charge in [-0.25, -0.2) is 0 Å². The summed E-state index contributed by atoms with van der Waals surface area (Å²) >= 11 is 0. The third kappa shape index (κ3) is 1.82. The first kappa shape index (κ1) is 11.3. The minimum absolute atomic E-state index is 0.140. The summed E-state index contributed by atoms with van der Waals surface area (Å²) in [5.74, 6) is 1.50. The van der Waals surface area contributed by atoms with Gasteiger partial charge in [-0.3, -0.25) is 4.79 Å². The Morgan fingerprint density at radius 2 is 1.41 bits per heavy atom. The molecule has 0 aromatic rings. The number of carbonyl (C=O) groups is 1. The van der Waals surface area contributed by atoms with Crippen molar-refractivity contribution in [2.24, 2.45) is 17.8 Å². The highest BCUT2D eigenvalue weighted by Gasteiger charge is 2.45. The van der Waals surface area contributed by atoms with Crippen LogP contribution in [0.3, 0.4) is 0 Å². The molecular formula is C15H22O2. The zero-order valence-electron chi connectivity index (χ0n) is 10.5. The molecule has 1 N–H and O–H groups in total.